The lowest BCUT2D eigenvalue weighted by molar-refractivity contribution is 1.29. The first kappa shape index (κ1) is 26.1. The summed E-state index contributed by atoms with van der Waals surface area (Å²) in [5, 5.41) is 6.82. The molecule has 0 N–H and O–H groups in total. The zero-order valence-corrected chi connectivity index (χ0v) is 26.3. The van der Waals surface area contributed by atoms with Crippen LogP contribution in [0.1, 0.15) is 0 Å². The highest BCUT2D eigenvalue weighted by Crippen LogP contribution is 2.40. The molecule has 212 valence electrons. The molecule has 8 aromatic rings. The van der Waals surface area contributed by atoms with Crippen molar-refractivity contribution in [2.75, 3.05) is 4.90 Å². The van der Waals surface area contributed by atoms with Gasteiger partial charge in [0.25, 0.3) is 0 Å². The van der Waals surface area contributed by atoms with Crippen LogP contribution in [0.2, 0.25) is 0 Å². The first-order valence-electron chi connectivity index (χ1n) is 15.3. The van der Waals surface area contributed by atoms with E-state index in [4.69, 9.17) is 4.98 Å². The Kier molecular flexibility index (Phi) is 6.05. The van der Waals surface area contributed by atoms with Gasteiger partial charge in [-0.2, -0.15) is 0 Å². The standard InChI is InChI=1S/C41H28N2SSi/c1-3-15-32(16-4-1)45(33-17-5-2-6-18-33)39-22-9-7-19-35(39)43(36-20-8-10-23-40(36)45)31-14-11-13-29(27-31)30-24-25-37-34(28-30)41-38(44-37)21-12-26-42-41/h1-28H. The van der Waals surface area contributed by atoms with Gasteiger partial charge >= 0.3 is 0 Å². The minimum Gasteiger partial charge on any atom is -0.311 e. The van der Waals surface area contributed by atoms with Crippen LogP contribution >= 0.6 is 11.3 Å². The van der Waals surface area contributed by atoms with Crippen molar-refractivity contribution in [1.29, 1.82) is 0 Å². The average molecular weight is 609 g/mol. The SMILES string of the molecule is c1ccc([Si]2(c3ccccc3)c3ccccc3N(c3cccc(-c4ccc5sc6cccnc6c5c4)c3)c3ccccc32)cc1. The highest BCUT2D eigenvalue weighted by molar-refractivity contribution is 7.25. The number of hydrogen-bond acceptors (Lipinski definition) is 3. The summed E-state index contributed by atoms with van der Waals surface area (Å²) in [6.07, 6.45) is 1.89. The summed E-state index contributed by atoms with van der Waals surface area (Å²) < 4.78 is 2.50. The van der Waals surface area contributed by atoms with Crippen LogP contribution in [-0.4, -0.2) is 13.1 Å². The third kappa shape index (κ3) is 3.96. The fourth-order valence-corrected chi connectivity index (χ4v) is 13.4. The van der Waals surface area contributed by atoms with E-state index in [0.29, 0.717) is 0 Å². The quantitative estimate of drug-likeness (QED) is 0.187. The van der Waals surface area contributed by atoms with Crippen molar-refractivity contribution < 1.29 is 0 Å². The van der Waals surface area contributed by atoms with Gasteiger partial charge in [0, 0.05) is 33.3 Å². The molecule has 0 fully saturated rings. The molecule has 2 nitrogen and oxygen atoms in total. The van der Waals surface area contributed by atoms with E-state index in [1.165, 1.54) is 58.0 Å². The van der Waals surface area contributed by atoms with Crippen LogP contribution in [0.4, 0.5) is 17.1 Å². The Morgan fingerprint density at radius 2 is 1.11 bits per heavy atom. The molecule has 0 spiro atoms. The average Bonchev–Trinajstić information content (AvgIpc) is 3.49. The monoisotopic (exact) mass is 608 g/mol. The third-order valence-corrected chi connectivity index (χ3v) is 15.2. The zero-order valence-electron chi connectivity index (χ0n) is 24.5. The Balaban J connectivity index is 1.27. The van der Waals surface area contributed by atoms with Crippen molar-refractivity contribution >= 4 is 77.5 Å². The number of aromatic nitrogens is 1. The Bertz CT molecular complexity index is 2260. The largest absolute Gasteiger partial charge is 0.311 e. The topological polar surface area (TPSA) is 16.1 Å². The number of nitrogens with zero attached hydrogens (tertiary/aromatic N) is 2. The molecule has 45 heavy (non-hydrogen) atoms. The lowest BCUT2D eigenvalue weighted by Crippen LogP contribution is -2.77. The molecule has 0 amide bonds. The summed E-state index contributed by atoms with van der Waals surface area (Å²) in [5.41, 5.74) is 7.12. The molecule has 1 aliphatic heterocycles. The van der Waals surface area contributed by atoms with E-state index >= 15 is 0 Å². The molecule has 3 heterocycles. The molecule has 4 heteroatoms. The van der Waals surface area contributed by atoms with Crippen molar-refractivity contribution in [3.05, 3.63) is 170 Å². The first-order valence-corrected chi connectivity index (χ1v) is 18.1. The van der Waals surface area contributed by atoms with Gasteiger partial charge in [-0.3, -0.25) is 4.98 Å². The summed E-state index contributed by atoms with van der Waals surface area (Å²) in [5.74, 6) is 0. The normalized spacial score (nSPS) is 13.5. The van der Waals surface area contributed by atoms with E-state index in [-0.39, 0.29) is 0 Å². The first-order chi connectivity index (χ1) is 22.3. The highest BCUT2D eigenvalue weighted by atomic mass is 32.1. The van der Waals surface area contributed by atoms with Crippen LogP contribution in [0, 0.1) is 0 Å². The molecule has 0 unspecified atom stereocenters. The highest BCUT2D eigenvalue weighted by Gasteiger charge is 2.48. The molecule has 0 saturated heterocycles. The second-order valence-corrected chi connectivity index (χ2v) is 16.4. The molecule has 1 aliphatic rings. The zero-order chi connectivity index (χ0) is 29.8. The van der Waals surface area contributed by atoms with Gasteiger partial charge in [-0.25, -0.2) is 0 Å². The maximum absolute atomic E-state index is 4.71. The number of benzene rings is 6. The van der Waals surface area contributed by atoms with E-state index in [1.54, 1.807) is 11.3 Å². The molecule has 0 radical (unpaired) electrons. The maximum atomic E-state index is 4.71. The molecular weight excluding hydrogens is 581 g/mol. The van der Waals surface area contributed by atoms with Gasteiger partial charge < -0.3 is 4.90 Å². The van der Waals surface area contributed by atoms with Gasteiger partial charge in [0.2, 0.25) is 0 Å². The number of pyridine rings is 1. The molecule has 2 aromatic heterocycles. The molecule has 0 bridgehead atoms. The van der Waals surface area contributed by atoms with Gasteiger partial charge in [0.1, 0.15) is 0 Å². The van der Waals surface area contributed by atoms with Crippen molar-refractivity contribution in [2.45, 2.75) is 0 Å². The maximum Gasteiger partial charge on any atom is 0.184 e. The lowest BCUT2D eigenvalue weighted by Gasteiger charge is -2.45. The van der Waals surface area contributed by atoms with Crippen LogP contribution in [-0.2, 0) is 0 Å². The number of para-hydroxylation sites is 2. The van der Waals surface area contributed by atoms with Crippen LogP contribution in [0.25, 0.3) is 31.4 Å². The van der Waals surface area contributed by atoms with Crippen molar-refractivity contribution in [3.63, 3.8) is 0 Å². The number of rotatable bonds is 4. The fourth-order valence-electron chi connectivity index (χ4n) is 7.29. The van der Waals surface area contributed by atoms with Crippen LogP contribution in [0.3, 0.4) is 0 Å². The van der Waals surface area contributed by atoms with Gasteiger partial charge in [0.05, 0.1) is 10.2 Å². The third-order valence-electron chi connectivity index (χ3n) is 9.17. The van der Waals surface area contributed by atoms with Crippen molar-refractivity contribution in [1.82, 2.24) is 4.98 Å². The minimum absolute atomic E-state index is 1.08. The van der Waals surface area contributed by atoms with E-state index < -0.39 is 8.07 Å². The summed E-state index contributed by atoms with van der Waals surface area (Å²) in [6, 6.07) is 60.5. The van der Waals surface area contributed by atoms with E-state index in [0.717, 1.165) is 11.2 Å². The molecule has 6 aromatic carbocycles. The van der Waals surface area contributed by atoms with Crippen LogP contribution in [0.15, 0.2) is 170 Å². The van der Waals surface area contributed by atoms with E-state index in [1.807, 2.05) is 12.3 Å². The van der Waals surface area contributed by atoms with Gasteiger partial charge in [-0.1, -0.05) is 115 Å². The Labute approximate surface area is 267 Å². The van der Waals surface area contributed by atoms with Crippen LogP contribution in [0.5, 0.6) is 0 Å². The second-order valence-electron chi connectivity index (χ2n) is 11.6. The minimum atomic E-state index is -2.62. The number of thiophene rings is 1. The molecule has 9 rings (SSSR count). The van der Waals surface area contributed by atoms with Gasteiger partial charge in [0.15, 0.2) is 8.07 Å². The van der Waals surface area contributed by atoms with Gasteiger partial charge in [-0.15, -0.1) is 11.3 Å². The van der Waals surface area contributed by atoms with Crippen molar-refractivity contribution in [3.8, 4) is 11.1 Å². The van der Waals surface area contributed by atoms with Crippen molar-refractivity contribution in [2.24, 2.45) is 0 Å². The van der Waals surface area contributed by atoms with E-state index in [2.05, 4.69) is 163 Å². The van der Waals surface area contributed by atoms with E-state index in [9.17, 15) is 0 Å². The number of hydrogen-bond donors (Lipinski definition) is 0. The molecular formula is C41H28N2SSi. The predicted molar refractivity (Wildman–Crippen MR) is 194 cm³/mol. The molecule has 0 aliphatic carbocycles. The Morgan fingerprint density at radius 1 is 0.489 bits per heavy atom. The Morgan fingerprint density at radius 3 is 1.80 bits per heavy atom. The fraction of sp³-hybridized carbons (Fsp3) is 0. The summed E-state index contributed by atoms with van der Waals surface area (Å²) in [6.45, 7) is 0. The molecule has 0 atom stereocenters. The summed E-state index contributed by atoms with van der Waals surface area (Å²) >= 11 is 1.81. The number of anilines is 3. The lowest BCUT2D eigenvalue weighted by atomic mass is 10.0. The number of fused-ring (bicyclic) bond motifs is 5. The second kappa shape index (κ2) is 10.4. The van der Waals surface area contributed by atoms with Crippen LogP contribution < -0.4 is 25.6 Å². The van der Waals surface area contributed by atoms with Gasteiger partial charge in [-0.05, 0) is 80.4 Å². The summed E-state index contributed by atoms with van der Waals surface area (Å²) in [4.78, 5) is 7.19. The smallest absolute Gasteiger partial charge is 0.184 e. The summed E-state index contributed by atoms with van der Waals surface area (Å²) in [7, 11) is -2.62. The predicted octanol–water partition coefficient (Wildman–Crippen LogP) is 8.28. The Hall–Kier alpha value is -5.29. The molecule has 0 saturated carbocycles.